The van der Waals surface area contributed by atoms with Crippen LogP contribution in [0.2, 0.25) is 36.3 Å². The minimum atomic E-state index is -1.85. The Bertz CT molecular complexity index is 448. The van der Waals surface area contributed by atoms with Crippen LogP contribution in [0.15, 0.2) is 12.7 Å². The fraction of sp³-hybridized carbons (Fsp3) is 0.800. The van der Waals surface area contributed by atoms with Gasteiger partial charge < -0.3 is 8.85 Å². The summed E-state index contributed by atoms with van der Waals surface area (Å²) in [7, 11) is -3.70. The Labute approximate surface area is 153 Å². The van der Waals surface area contributed by atoms with Crippen molar-refractivity contribution in [3.8, 4) is 12.3 Å². The third-order valence-electron chi connectivity index (χ3n) is 5.62. The third kappa shape index (κ3) is 6.88. The van der Waals surface area contributed by atoms with Gasteiger partial charge in [-0.25, -0.2) is 0 Å². The van der Waals surface area contributed by atoms with Gasteiger partial charge in [-0.2, -0.15) is 0 Å². The summed E-state index contributed by atoms with van der Waals surface area (Å²) >= 11 is 0. The van der Waals surface area contributed by atoms with Gasteiger partial charge in [0.15, 0.2) is 16.6 Å². The Kier molecular flexibility index (Phi) is 8.24. The van der Waals surface area contributed by atoms with Crippen LogP contribution in [-0.2, 0) is 8.85 Å². The van der Waals surface area contributed by atoms with Crippen molar-refractivity contribution in [2.75, 3.05) is 0 Å². The maximum absolute atomic E-state index is 6.56. The van der Waals surface area contributed by atoms with Crippen LogP contribution in [0.1, 0.15) is 54.4 Å². The highest BCUT2D eigenvalue weighted by Gasteiger charge is 2.41. The van der Waals surface area contributed by atoms with Crippen LogP contribution in [0.4, 0.5) is 0 Å². The summed E-state index contributed by atoms with van der Waals surface area (Å²) < 4.78 is 13.1. The van der Waals surface area contributed by atoms with Crippen molar-refractivity contribution in [1.29, 1.82) is 0 Å². The standard InChI is InChI=1S/C20H40O2Si2/c1-13-15-18(22-24(11,12)20(6,7)8)16-17(14-2)21-23(9,10)19(3,4)5/h1,14,17-18H,2,15-16H2,3-12H3. The van der Waals surface area contributed by atoms with Crippen LogP contribution in [0.5, 0.6) is 0 Å². The minimum absolute atomic E-state index is 0.00555. The fourth-order valence-electron chi connectivity index (χ4n) is 1.90. The summed E-state index contributed by atoms with van der Waals surface area (Å²) in [6, 6.07) is 0. The normalized spacial score (nSPS) is 16.4. The van der Waals surface area contributed by atoms with E-state index in [2.05, 4.69) is 80.2 Å². The molecule has 0 radical (unpaired) electrons. The Morgan fingerprint density at radius 1 is 0.958 bits per heavy atom. The van der Waals surface area contributed by atoms with Crippen molar-refractivity contribution >= 4 is 16.6 Å². The molecule has 0 aromatic rings. The Morgan fingerprint density at radius 2 is 1.38 bits per heavy atom. The summed E-state index contributed by atoms with van der Waals surface area (Å²) in [6.45, 7) is 26.6. The van der Waals surface area contributed by atoms with Gasteiger partial charge in [-0.1, -0.05) is 47.6 Å². The van der Waals surface area contributed by atoms with Crippen molar-refractivity contribution in [2.24, 2.45) is 0 Å². The first kappa shape index (κ1) is 23.7. The summed E-state index contributed by atoms with van der Waals surface area (Å²) in [4.78, 5) is 0. The average Bonchev–Trinajstić information content (AvgIpc) is 2.34. The summed E-state index contributed by atoms with van der Waals surface area (Å²) in [5.74, 6) is 2.78. The van der Waals surface area contributed by atoms with Gasteiger partial charge in [-0.05, 0) is 36.3 Å². The Balaban J connectivity index is 5.16. The zero-order valence-corrected chi connectivity index (χ0v) is 19.7. The first-order valence-electron chi connectivity index (χ1n) is 8.99. The van der Waals surface area contributed by atoms with E-state index in [9.17, 15) is 0 Å². The van der Waals surface area contributed by atoms with Crippen molar-refractivity contribution in [2.45, 2.75) is 103 Å². The van der Waals surface area contributed by atoms with Gasteiger partial charge in [0.1, 0.15) is 0 Å². The van der Waals surface area contributed by atoms with Crippen molar-refractivity contribution in [3.05, 3.63) is 12.7 Å². The SMILES string of the molecule is C#CCC(CC(C=C)O[Si](C)(C)C(C)(C)C)O[Si](C)(C)C(C)(C)C. The van der Waals surface area contributed by atoms with E-state index < -0.39 is 16.6 Å². The molecule has 0 rings (SSSR count). The molecule has 4 heteroatoms. The number of hydrogen-bond donors (Lipinski definition) is 0. The summed E-state index contributed by atoms with van der Waals surface area (Å²) in [5, 5.41) is 0.347. The van der Waals surface area contributed by atoms with E-state index in [0.29, 0.717) is 6.42 Å². The highest BCUT2D eigenvalue weighted by atomic mass is 28.4. The van der Waals surface area contributed by atoms with Gasteiger partial charge in [-0.3, -0.25) is 0 Å². The van der Waals surface area contributed by atoms with E-state index >= 15 is 0 Å². The van der Waals surface area contributed by atoms with Gasteiger partial charge in [0.2, 0.25) is 0 Å². The second-order valence-electron chi connectivity index (χ2n) is 9.80. The highest BCUT2D eigenvalue weighted by Crippen LogP contribution is 2.40. The van der Waals surface area contributed by atoms with Crippen LogP contribution in [0, 0.1) is 12.3 Å². The molecule has 2 unspecified atom stereocenters. The molecule has 2 nitrogen and oxygen atoms in total. The predicted molar refractivity (Wildman–Crippen MR) is 112 cm³/mol. The monoisotopic (exact) mass is 368 g/mol. The predicted octanol–water partition coefficient (Wildman–Crippen LogP) is 6.37. The molecule has 0 amide bonds. The van der Waals surface area contributed by atoms with E-state index in [-0.39, 0.29) is 22.3 Å². The molecule has 0 bridgehead atoms. The van der Waals surface area contributed by atoms with Crippen LogP contribution in [0.3, 0.4) is 0 Å². The minimum Gasteiger partial charge on any atom is -0.413 e. The molecule has 0 heterocycles. The molecular weight excluding hydrogens is 328 g/mol. The van der Waals surface area contributed by atoms with Crippen LogP contribution in [-0.4, -0.2) is 28.8 Å². The molecule has 0 N–H and O–H groups in total. The topological polar surface area (TPSA) is 18.5 Å². The third-order valence-corrected chi connectivity index (χ3v) is 14.7. The summed E-state index contributed by atoms with van der Waals surface area (Å²) in [6.07, 6.45) is 8.95. The molecule has 0 aliphatic heterocycles. The van der Waals surface area contributed by atoms with E-state index in [4.69, 9.17) is 15.3 Å². The molecule has 24 heavy (non-hydrogen) atoms. The Hall–Kier alpha value is -0.346. The molecule has 0 saturated carbocycles. The summed E-state index contributed by atoms with van der Waals surface area (Å²) in [5.41, 5.74) is 0. The zero-order chi connectivity index (χ0) is 19.4. The van der Waals surface area contributed by atoms with Crippen LogP contribution >= 0.6 is 0 Å². The lowest BCUT2D eigenvalue weighted by atomic mass is 10.1. The van der Waals surface area contributed by atoms with Gasteiger partial charge in [0.05, 0.1) is 12.2 Å². The van der Waals surface area contributed by atoms with Crippen molar-refractivity contribution in [3.63, 3.8) is 0 Å². The first-order chi connectivity index (χ1) is 10.6. The van der Waals surface area contributed by atoms with E-state index in [1.807, 2.05) is 6.08 Å². The largest absolute Gasteiger partial charge is 0.413 e. The van der Waals surface area contributed by atoms with Gasteiger partial charge in [0.25, 0.3) is 0 Å². The molecule has 140 valence electrons. The second-order valence-corrected chi connectivity index (χ2v) is 19.3. The molecule has 0 aromatic carbocycles. The Morgan fingerprint density at radius 3 is 1.71 bits per heavy atom. The van der Waals surface area contributed by atoms with Gasteiger partial charge in [-0.15, -0.1) is 18.9 Å². The molecular formula is C20H40O2Si2. The molecule has 0 aromatic heterocycles. The number of rotatable bonds is 8. The van der Waals surface area contributed by atoms with Crippen molar-refractivity contribution < 1.29 is 8.85 Å². The van der Waals surface area contributed by atoms with Gasteiger partial charge in [0, 0.05) is 12.8 Å². The lowest BCUT2D eigenvalue weighted by Gasteiger charge is -2.41. The molecule has 0 saturated heterocycles. The highest BCUT2D eigenvalue weighted by molar-refractivity contribution is 6.74. The molecule has 0 aliphatic carbocycles. The van der Waals surface area contributed by atoms with Crippen LogP contribution < -0.4 is 0 Å². The lowest BCUT2D eigenvalue weighted by molar-refractivity contribution is 0.117. The van der Waals surface area contributed by atoms with Crippen LogP contribution in [0.25, 0.3) is 0 Å². The molecule has 0 fully saturated rings. The van der Waals surface area contributed by atoms with Crippen molar-refractivity contribution in [1.82, 2.24) is 0 Å². The van der Waals surface area contributed by atoms with E-state index in [0.717, 1.165) is 6.42 Å². The fourth-order valence-corrected chi connectivity index (χ4v) is 4.57. The molecule has 0 aliphatic rings. The lowest BCUT2D eigenvalue weighted by Crippen LogP contribution is -2.47. The quantitative estimate of drug-likeness (QED) is 0.282. The second kappa shape index (κ2) is 8.36. The first-order valence-corrected chi connectivity index (χ1v) is 14.8. The smallest absolute Gasteiger partial charge is 0.192 e. The average molecular weight is 369 g/mol. The molecule has 0 spiro atoms. The van der Waals surface area contributed by atoms with E-state index in [1.54, 1.807) is 0 Å². The van der Waals surface area contributed by atoms with Gasteiger partial charge >= 0.3 is 0 Å². The maximum Gasteiger partial charge on any atom is 0.192 e. The maximum atomic E-state index is 6.56. The number of hydrogen-bond acceptors (Lipinski definition) is 2. The number of terminal acetylenes is 1. The zero-order valence-electron chi connectivity index (χ0n) is 17.7. The van der Waals surface area contributed by atoms with E-state index in [1.165, 1.54) is 0 Å². The molecule has 2 atom stereocenters.